The Labute approximate surface area is 93.2 Å². The zero-order valence-electron chi connectivity index (χ0n) is 9.84. The van der Waals surface area contributed by atoms with Gasteiger partial charge < -0.3 is 10.1 Å². The van der Waals surface area contributed by atoms with Crippen molar-refractivity contribution in [1.82, 2.24) is 5.32 Å². The fraction of sp³-hybridized carbons (Fsp3) is 1.00. The first kappa shape index (κ1) is 14.3. The average molecular weight is 219 g/mol. The maximum Gasteiger partial charge on any atom is 0.0462 e. The van der Waals surface area contributed by atoms with Crippen LogP contribution in [0.15, 0.2) is 0 Å². The van der Waals surface area contributed by atoms with E-state index in [1.54, 1.807) is 7.11 Å². The summed E-state index contributed by atoms with van der Waals surface area (Å²) < 4.78 is 5.00. The third-order valence-corrected chi connectivity index (χ3v) is 3.10. The number of ether oxygens (including phenoxy) is 1. The average Bonchev–Trinajstić information content (AvgIpc) is 2.18. The van der Waals surface area contributed by atoms with E-state index in [4.69, 9.17) is 4.74 Å². The Morgan fingerprint density at radius 2 is 2.14 bits per heavy atom. The minimum atomic E-state index is 0.664. The van der Waals surface area contributed by atoms with E-state index in [0.29, 0.717) is 6.04 Å². The molecule has 0 aliphatic heterocycles. The van der Waals surface area contributed by atoms with Crippen LogP contribution in [0.5, 0.6) is 0 Å². The first-order chi connectivity index (χ1) is 6.81. The van der Waals surface area contributed by atoms with Gasteiger partial charge in [-0.1, -0.05) is 6.92 Å². The summed E-state index contributed by atoms with van der Waals surface area (Å²) in [7, 11) is 1.76. The monoisotopic (exact) mass is 219 g/mol. The molecule has 0 rings (SSSR count). The minimum Gasteiger partial charge on any atom is -0.385 e. The van der Waals surface area contributed by atoms with Gasteiger partial charge in [-0.05, 0) is 44.2 Å². The molecule has 0 spiro atoms. The minimum absolute atomic E-state index is 0.664. The van der Waals surface area contributed by atoms with Crippen molar-refractivity contribution in [3.8, 4) is 0 Å². The van der Waals surface area contributed by atoms with E-state index < -0.39 is 0 Å². The zero-order valence-corrected chi connectivity index (χ0v) is 10.7. The summed E-state index contributed by atoms with van der Waals surface area (Å²) in [6.45, 7) is 6.50. The lowest BCUT2D eigenvalue weighted by molar-refractivity contribution is 0.192. The summed E-state index contributed by atoms with van der Waals surface area (Å²) >= 11 is 2.02. The lowest BCUT2D eigenvalue weighted by Crippen LogP contribution is -2.27. The molecule has 0 aliphatic rings. The third kappa shape index (κ3) is 10.4. The molecule has 1 unspecified atom stereocenters. The van der Waals surface area contributed by atoms with Crippen molar-refractivity contribution in [2.24, 2.45) is 0 Å². The fourth-order valence-electron chi connectivity index (χ4n) is 1.23. The topological polar surface area (TPSA) is 21.3 Å². The van der Waals surface area contributed by atoms with Crippen molar-refractivity contribution in [2.75, 3.05) is 31.8 Å². The summed E-state index contributed by atoms with van der Waals surface area (Å²) in [5.74, 6) is 2.52. The van der Waals surface area contributed by atoms with Gasteiger partial charge >= 0.3 is 0 Å². The molecule has 0 aliphatic carbocycles. The van der Waals surface area contributed by atoms with Crippen molar-refractivity contribution in [3.05, 3.63) is 0 Å². The molecule has 0 aromatic carbocycles. The van der Waals surface area contributed by atoms with Gasteiger partial charge in [0, 0.05) is 19.8 Å². The van der Waals surface area contributed by atoms with Gasteiger partial charge in [0.05, 0.1) is 0 Å². The first-order valence-electron chi connectivity index (χ1n) is 5.61. The molecule has 86 valence electrons. The van der Waals surface area contributed by atoms with Crippen molar-refractivity contribution >= 4 is 11.8 Å². The van der Waals surface area contributed by atoms with Gasteiger partial charge in [-0.25, -0.2) is 0 Å². The highest BCUT2D eigenvalue weighted by atomic mass is 32.2. The molecule has 0 radical (unpaired) electrons. The molecule has 0 heterocycles. The van der Waals surface area contributed by atoms with Crippen LogP contribution >= 0.6 is 11.8 Å². The molecule has 0 bridgehead atoms. The van der Waals surface area contributed by atoms with Crippen LogP contribution in [0.4, 0.5) is 0 Å². The van der Waals surface area contributed by atoms with Crippen molar-refractivity contribution in [2.45, 2.75) is 39.2 Å². The predicted molar refractivity (Wildman–Crippen MR) is 66.2 cm³/mol. The highest BCUT2D eigenvalue weighted by molar-refractivity contribution is 7.99. The van der Waals surface area contributed by atoms with Crippen molar-refractivity contribution < 1.29 is 4.74 Å². The summed E-state index contributed by atoms with van der Waals surface area (Å²) in [4.78, 5) is 0. The molecule has 3 heteroatoms. The second-order valence-electron chi connectivity index (χ2n) is 3.54. The highest BCUT2D eigenvalue weighted by Gasteiger charge is 1.99. The number of hydrogen-bond acceptors (Lipinski definition) is 3. The van der Waals surface area contributed by atoms with Gasteiger partial charge in [-0.2, -0.15) is 11.8 Å². The van der Waals surface area contributed by atoms with Crippen LogP contribution in [0.25, 0.3) is 0 Å². The SMILES string of the molecule is CCSCCC(C)NCCCCOC. The van der Waals surface area contributed by atoms with Crippen molar-refractivity contribution in [3.63, 3.8) is 0 Å². The van der Waals surface area contributed by atoms with E-state index in [9.17, 15) is 0 Å². The smallest absolute Gasteiger partial charge is 0.0462 e. The molecule has 0 aromatic heterocycles. The number of rotatable bonds is 10. The van der Waals surface area contributed by atoms with Gasteiger partial charge in [0.1, 0.15) is 0 Å². The van der Waals surface area contributed by atoms with Gasteiger partial charge in [-0.3, -0.25) is 0 Å². The molecule has 1 atom stereocenters. The maximum atomic E-state index is 5.00. The van der Waals surface area contributed by atoms with Crippen LogP contribution < -0.4 is 5.32 Å². The molecule has 14 heavy (non-hydrogen) atoms. The van der Waals surface area contributed by atoms with Crippen LogP contribution in [0.3, 0.4) is 0 Å². The van der Waals surface area contributed by atoms with Gasteiger partial charge in [0.25, 0.3) is 0 Å². The Balaban J connectivity index is 3.06. The standard InChI is InChI=1S/C11H25NOS/c1-4-14-10-7-11(2)12-8-5-6-9-13-3/h11-12H,4-10H2,1-3H3. The van der Waals surface area contributed by atoms with Crippen molar-refractivity contribution in [1.29, 1.82) is 0 Å². The quantitative estimate of drug-likeness (QED) is 0.571. The summed E-state index contributed by atoms with van der Waals surface area (Å²) in [5.41, 5.74) is 0. The molecule has 2 nitrogen and oxygen atoms in total. The molecular formula is C11H25NOS. The summed E-state index contributed by atoms with van der Waals surface area (Å²) in [6, 6.07) is 0.664. The lowest BCUT2D eigenvalue weighted by Gasteiger charge is -2.12. The largest absolute Gasteiger partial charge is 0.385 e. The third-order valence-electron chi connectivity index (χ3n) is 2.17. The molecule has 0 saturated carbocycles. The Hall–Kier alpha value is 0.270. The van der Waals surface area contributed by atoms with Crippen LogP contribution in [-0.4, -0.2) is 37.8 Å². The van der Waals surface area contributed by atoms with Crippen LogP contribution in [0.1, 0.15) is 33.1 Å². The van der Waals surface area contributed by atoms with E-state index in [-0.39, 0.29) is 0 Å². The molecular weight excluding hydrogens is 194 g/mol. The molecule has 1 N–H and O–H groups in total. The predicted octanol–water partition coefficient (Wildman–Crippen LogP) is 2.53. The first-order valence-corrected chi connectivity index (χ1v) is 6.76. The maximum absolute atomic E-state index is 5.00. The molecule has 0 amide bonds. The molecule has 0 aromatic rings. The van der Waals surface area contributed by atoms with Crippen LogP contribution in [-0.2, 0) is 4.74 Å². The van der Waals surface area contributed by atoms with Gasteiger partial charge in [-0.15, -0.1) is 0 Å². The Bertz CT molecular complexity index is 111. The van der Waals surface area contributed by atoms with E-state index in [2.05, 4.69) is 19.2 Å². The van der Waals surface area contributed by atoms with E-state index in [0.717, 1.165) is 13.2 Å². The van der Waals surface area contributed by atoms with E-state index >= 15 is 0 Å². The van der Waals surface area contributed by atoms with E-state index in [1.165, 1.54) is 30.8 Å². The number of methoxy groups -OCH3 is 1. The lowest BCUT2D eigenvalue weighted by atomic mass is 10.2. The second-order valence-corrected chi connectivity index (χ2v) is 4.93. The fourth-order valence-corrected chi connectivity index (χ4v) is 2.04. The summed E-state index contributed by atoms with van der Waals surface area (Å²) in [5, 5.41) is 3.53. The van der Waals surface area contributed by atoms with Gasteiger partial charge in [0.15, 0.2) is 0 Å². The number of hydrogen-bond donors (Lipinski definition) is 1. The van der Waals surface area contributed by atoms with Gasteiger partial charge in [0.2, 0.25) is 0 Å². The zero-order chi connectivity index (χ0) is 10.6. The normalized spacial score (nSPS) is 13.1. The van der Waals surface area contributed by atoms with Crippen LogP contribution in [0, 0.1) is 0 Å². The number of thioether (sulfide) groups is 1. The highest BCUT2D eigenvalue weighted by Crippen LogP contribution is 2.03. The Morgan fingerprint density at radius 3 is 2.79 bits per heavy atom. The Kier molecular flexibility index (Phi) is 11.6. The van der Waals surface area contributed by atoms with E-state index in [1.807, 2.05) is 11.8 Å². The summed E-state index contributed by atoms with van der Waals surface area (Å²) in [6.07, 6.45) is 3.67. The number of unbranched alkanes of at least 4 members (excludes halogenated alkanes) is 1. The van der Waals surface area contributed by atoms with Crippen LogP contribution in [0.2, 0.25) is 0 Å². The number of nitrogens with one attached hydrogen (secondary N) is 1. The molecule has 0 saturated heterocycles. The molecule has 0 fully saturated rings. The second kappa shape index (κ2) is 11.3. The Morgan fingerprint density at radius 1 is 1.36 bits per heavy atom.